The van der Waals surface area contributed by atoms with Crippen molar-refractivity contribution in [3.05, 3.63) is 40.0 Å². The minimum atomic E-state index is 0.814. The number of nitrogens with one attached hydrogen (secondary N) is 1. The van der Waals surface area contributed by atoms with E-state index >= 15 is 0 Å². The SMILES string of the molecule is Cc1cc(Nc2ccc(Br)c(C)c2)nc(N2CCN(C)CC2)n1. The van der Waals surface area contributed by atoms with Crippen molar-refractivity contribution in [2.45, 2.75) is 13.8 Å². The maximum atomic E-state index is 4.70. The number of rotatable bonds is 3. The van der Waals surface area contributed by atoms with Gasteiger partial charge in [-0.2, -0.15) is 4.98 Å². The number of nitrogens with zero attached hydrogens (tertiary/aromatic N) is 4. The van der Waals surface area contributed by atoms with Crippen molar-refractivity contribution < 1.29 is 0 Å². The van der Waals surface area contributed by atoms with Crippen molar-refractivity contribution in [2.75, 3.05) is 43.4 Å². The van der Waals surface area contributed by atoms with E-state index in [1.807, 2.05) is 25.1 Å². The highest BCUT2D eigenvalue weighted by Gasteiger charge is 2.17. The van der Waals surface area contributed by atoms with Crippen molar-refractivity contribution in [2.24, 2.45) is 0 Å². The summed E-state index contributed by atoms with van der Waals surface area (Å²) in [4.78, 5) is 13.9. The van der Waals surface area contributed by atoms with Gasteiger partial charge in [0.05, 0.1) is 0 Å². The zero-order chi connectivity index (χ0) is 16.4. The van der Waals surface area contributed by atoms with E-state index in [-0.39, 0.29) is 0 Å². The molecule has 0 atom stereocenters. The van der Waals surface area contributed by atoms with E-state index in [0.29, 0.717) is 0 Å². The molecule has 5 nitrogen and oxygen atoms in total. The molecule has 1 aromatic carbocycles. The van der Waals surface area contributed by atoms with Gasteiger partial charge >= 0.3 is 0 Å². The summed E-state index contributed by atoms with van der Waals surface area (Å²) >= 11 is 3.53. The smallest absolute Gasteiger partial charge is 0.227 e. The Hall–Kier alpha value is -1.66. The highest BCUT2D eigenvalue weighted by Crippen LogP contribution is 2.23. The summed E-state index contributed by atoms with van der Waals surface area (Å²) in [5.41, 5.74) is 3.21. The lowest BCUT2D eigenvalue weighted by Crippen LogP contribution is -2.45. The topological polar surface area (TPSA) is 44.3 Å². The molecule has 0 bridgehead atoms. The van der Waals surface area contributed by atoms with E-state index in [1.54, 1.807) is 0 Å². The molecule has 23 heavy (non-hydrogen) atoms. The summed E-state index contributed by atoms with van der Waals surface area (Å²) < 4.78 is 1.11. The Bertz CT molecular complexity index is 695. The Morgan fingerprint density at radius 3 is 2.48 bits per heavy atom. The molecule has 2 aromatic rings. The van der Waals surface area contributed by atoms with Crippen LogP contribution in [0, 0.1) is 13.8 Å². The van der Waals surface area contributed by atoms with Crippen molar-refractivity contribution in [1.82, 2.24) is 14.9 Å². The van der Waals surface area contributed by atoms with Crippen LogP contribution in [0.15, 0.2) is 28.7 Å². The molecule has 1 fully saturated rings. The van der Waals surface area contributed by atoms with Crippen LogP contribution in [0.25, 0.3) is 0 Å². The first kappa shape index (κ1) is 16.2. The van der Waals surface area contributed by atoms with Gasteiger partial charge < -0.3 is 15.1 Å². The molecule has 3 rings (SSSR count). The standard InChI is InChI=1S/C17H22BrN5/c1-12-10-14(4-5-15(12)18)20-16-11-13(2)19-17(21-16)23-8-6-22(3)7-9-23/h4-5,10-11H,6-9H2,1-3H3,(H,19,20,21). The van der Waals surface area contributed by atoms with Gasteiger partial charge in [0.25, 0.3) is 0 Å². The Labute approximate surface area is 145 Å². The van der Waals surface area contributed by atoms with E-state index < -0.39 is 0 Å². The lowest BCUT2D eigenvalue weighted by Gasteiger charge is -2.32. The Morgan fingerprint density at radius 1 is 1.04 bits per heavy atom. The largest absolute Gasteiger partial charge is 0.340 e. The first-order chi connectivity index (χ1) is 11.0. The van der Waals surface area contributed by atoms with Crippen LogP contribution >= 0.6 is 15.9 Å². The molecule has 0 radical (unpaired) electrons. The number of aromatic nitrogens is 2. The summed E-state index contributed by atoms with van der Waals surface area (Å²) in [5.74, 6) is 1.66. The Balaban J connectivity index is 1.81. The van der Waals surface area contributed by atoms with Gasteiger partial charge in [-0.25, -0.2) is 4.98 Å². The second-order valence-electron chi connectivity index (χ2n) is 6.07. The van der Waals surface area contributed by atoms with Crippen LogP contribution in [0.2, 0.25) is 0 Å². The number of halogens is 1. The number of likely N-dealkylation sites (N-methyl/N-ethyl adjacent to an activating group) is 1. The van der Waals surface area contributed by atoms with Gasteiger partial charge in [-0.15, -0.1) is 0 Å². The highest BCUT2D eigenvalue weighted by molar-refractivity contribution is 9.10. The van der Waals surface area contributed by atoms with Crippen LogP contribution < -0.4 is 10.2 Å². The quantitative estimate of drug-likeness (QED) is 0.890. The van der Waals surface area contributed by atoms with Crippen molar-refractivity contribution in [3.8, 4) is 0 Å². The third-order valence-electron chi connectivity index (χ3n) is 4.06. The van der Waals surface area contributed by atoms with Crippen LogP contribution in [-0.2, 0) is 0 Å². The van der Waals surface area contributed by atoms with Crippen LogP contribution in [0.4, 0.5) is 17.5 Å². The molecular weight excluding hydrogens is 354 g/mol. The number of anilines is 3. The van der Waals surface area contributed by atoms with Crippen LogP contribution in [0.5, 0.6) is 0 Å². The maximum Gasteiger partial charge on any atom is 0.227 e. The highest BCUT2D eigenvalue weighted by atomic mass is 79.9. The summed E-state index contributed by atoms with van der Waals surface area (Å²) in [6.07, 6.45) is 0. The molecular formula is C17H22BrN5. The number of piperazine rings is 1. The molecule has 6 heteroatoms. The lowest BCUT2D eigenvalue weighted by atomic mass is 10.2. The first-order valence-electron chi connectivity index (χ1n) is 7.83. The fraction of sp³-hybridized carbons (Fsp3) is 0.412. The molecule has 1 saturated heterocycles. The average Bonchev–Trinajstić information content (AvgIpc) is 2.51. The van der Waals surface area contributed by atoms with Gasteiger partial charge in [-0.1, -0.05) is 15.9 Å². The van der Waals surface area contributed by atoms with Crippen molar-refractivity contribution in [1.29, 1.82) is 0 Å². The van der Waals surface area contributed by atoms with E-state index in [4.69, 9.17) is 4.98 Å². The van der Waals surface area contributed by atoms with Gasteiger partial charge in [0.2, 0.25) is 5.95 Å². The molecule has 2 heterocycles. The number of hydrogen-bond acceptors (Lipinski definition) is 5. The molecule has 0 saturated carbocycles. The van der Waals surface area contributed by atoms with Crippen LogP contribution in [0.3, 0.4) is 0 Å². The average molecular weight is 376 g/mol. The predicted molar refractivity (Wildman–Crippen MR) is 98.6 cm³/mol. The maximum absolute atomic E-state index is 4.70. The molecule has 0 amide bonds. The zero-order valence-electron chi connectivity index (χ0n) is 13.8. The van der Waals surface area contributed by atoms with Crippen molar-refractivity contribution in [3.63, 3.8) is 0 Å². The van der Waals surface area contributed by atoms with Crippen LogP contribution in [-0.4, -0.2) is 48.1 Å². The van der Waals surface area contributed by atoms with Crippen molar-refractivity contribution >= 4 is 33.4 Å². The van der Waals surface area contributed by atoms with E-state index in [1.165, 1.54) is 5.56 Å². The molecule has 1 N–H and O–H groups in total. The Kier molecular flexibility index (Phi) is 4.82. The summed E-state index contributed by atoms with van der Waals surface area (Å²) in [5, 5.41) is 3.39. The molecule has 122 valence electrons. The van der Waals surface area contributed by atoms with E-state index in [2.05, 4.69) is 56.1 Å². The first-order valence-corrected chi connectivity index (χ1v) is 8.63. The third kappa shape index (κ3) is 4.00. The monoisotopic (exact) mass is 375 g/mol. The van der Waals surface area contributed by atoms with Crippen LogP contribution in [0.1, 0.15) is 11.3 Å². The van der Waals surface area contributed by atoms with E-state index in [9.17, 15) is 0 Å². The molecule has 1 aliphatic heterocycles. The predicted octanol–water partition coefficient (Wildman–Crippen LogP) is 3.35. The van der Waals surface area contributed by atoms with Gasteiger partial charge in [0.1, 0.15) is 5.82 Å². The fourth-order valence-electron chi connectivity index (χ4n) is 2.64. The zero-order valence-corrected chi connectivity index (χ0v) is 15.4. The lowest BCUT2D eigenvalue weighted by molar-refractivity contribution is 0.311. The second kappa shape index (κ2) is 6.84. The van der Waals surface area contributed by atoms with Gasteiger partial charge in [0.15, 0.2) is 0 Å². The molecule has 0 aliphatic carbocycles. The third-order valence-corrected chi connectivity index (χ3v) is 4.95. The molecule has 1 aromatic heterocycles. The minimum Gasteiger partial charge on any atom is -0.340 e. The summed E-state index contributed by atoms with van der Waals surface area (Å²) in [6, 6.07) is 8.19. The normalized spacial score (nSPS) is 15.7. The number of benzene rings is 1. The second-order valence-corrected chi connectivity index (χ2v) is 6.93. The number of hydrogen-bond donors (Lipinski definition) is 1. The van der Waals surface area contributed by atoms with E-state index in [0.717, 1.165) is 53.8 Å². The molecule has 1 aliphatic rings. The summed E-state index contributed by atoms with van der Waals surface area (Å²) in [6.45, 7) is 8.13. The van der Waals surface area contributed by atoms with Gasteiger partial charge in [-0.3, -0.25) is 0 Å². The van der Waals surface area contributed by atoms with Gasteiger partial charge in [0, 0.05) is 48.1 Å². The van der Waals surface area contributed by atoms with Gasteiger partial charge in [-0.05, 0) is 44.7 Å². The molecule has 0 unspecified atom stereocenters. The summed E-state index contributed by atoms with van der Waals surface area (Å²) in [7, 11) is 2.15. The fourth-order valence-corrected chi connectivity index (χ4v) is 2.88. The number of aryl methyl sites for hydroxylation is 2. The molecule has 0 spiro atoms. The Morgan fingerprint density at radius 2 is 1.78 bits per heavy atom. The minimum absolute atomic E-state index is 0.814.